The number of allylic oxidation sites excluding steroid dienone is 2. The molecule has 4 nitrogen and oxygen atoms in total. The van der Waals surface area contributed by atoms with Crippen LogP contribution in [0.4, 0.5) is 0 Å². The van der Waals surface area contributed by atoms with Gasteiger partial charge in [-0.2, -0.15) is 0 Å². The van der Waals surface area contributed by atoms with Crippen LogP contribution in [0.15, 0.2) is 23.4 Å². The lowest BCUT2D eigenvalue weighted by Crippen LogP contribution is -2.34. The average Bonchev–Trinajstić information content (AvgIpc) is 2.91. The smallest absolute Gasteiger partial charge is 0.161 e. The summed E-state index contributed by atoms with van der Waals surface area (Å²) in [6, 6.07) is 3.94. The molecule has 0 saturated heterocycles. The monoisotopic (exact) mass is 341 g/mol. The average molecular weight is 341 g/mol. The predicted molar refractivity (Wildman–Crippen MR) is 96.6 cm³/mol. The molecule has 1 heterocycles. The van der Waals surface area contributed by atoms with Crippen LogP contribution in [0.3, 0.4) is 0 Å². The fourth-order valence-corrected chi connectivity index (χ4v) is 5.22. The first-order chi connectivity index (χ1) is 11.8. The molecule has 4 rings (SSSR count). The minimum Gasteiger partial charge on any atom is -0.504 e. The highest BCUT2D eigenvalue weighted by molar-refractivity contribution is 6.01. The van der Waals surface area contributed by atoms with Gasteiger partial charge in [-0.25, -0.2) is 0 Å². The first-order valence-corrected chi connectivity index (χ1v) is 9.17. The fourth-order valence-electron chi connectivity index (χ4n) is 5.22. The Morgan fingerprint density at radius 2 is 2.08 bits per heavy atom. The van der Waals surface area contributed by atoms with E-state index in [1.54, 1.807) is 7.11 Å². The molecule has 1 N–H and O–H groups in total. The van der Waals surface area contributed by atoms with E-state index >= 15 is 0 Å². The van der Waals surface area contributed by atoms with Gasteiger partial charge in [-0.1, -0.05) is 13.8 Å². The van der Waals surface area contributed by atoms with Gasteiger partial charge in [0.1, 0.15) is 0 Å². The van der Waals surface area contributed by atoms with Crippen molar-refractivity contribution >= 4 is 5.78 Å². The van der Waals surface area contributed by atoms with Crippen molar-refractivity contribution in [3.05, 3.63) is 34.5 Å². The molecular weight excluding hydrogens is 314 g/mol. The number of phenols is 1. The number of phenolic OH excluding ortho intramolecular Hbond substituents is 1. The Morgan fingerprint density at radius 1 is 1.36 bits per heavy atom. The predicted octanol–water partition coefficient (Wildman–Crippen LogP) is 3.84. The van der Waals surface area contributed by atoms with E-state index in [9.17, 15) is 9.90 Å². The van der Waals surface area contributed by atoms with E-state index in [0.717, 1.165) is 24.2 Å². The zero-order valence-electron chi connectivity index (χ0n) is 15.7. The molecule has 2 unspecified atom stereocenters. The number of aromatic hydroxyl groups is 1. The Morgan fingerprint density at radius 3 is 2.72 bits per heavy atom. The third kappa shape index (κ3) is 2.22. The molecule has 0 aromatic heterocycles. The maximum absolute atomic E-state index is 12.5. The van der Waals surface area contributed by atoms with E-state index in [1.165, 1.54) is 11.1 Å². The summed E-state index contributed by atoms with van der Waals surface area (Å²) in [5, 5.41) is 10.0. The van der Waals surface area contributed by atoms with Crippen molar-refractivity contribution in [2.24, 2.45) is 17.3 Å². The molecule has 0 bridgehead atoms. The number of benzene rings is 1. The molecular formula is C21H27NO3. The summed E-state index contributed by atoms with van der Waals surface area (Å²) in [6.07, 6.45) is 1.58. The zero-order valence-corrected chi connectivity index (χ0v) is 15.7. The number of methoxy groups -OCH3 is 1. The van der Waals surface area contributed by atoms with Crippen LogP contribution in [0, 0.1) is 17.3 Å². The number of ether oxygens (including phenoxy) is 1. The van der Waals surface area contributed by atoms with Crippen molar-refractivity contribution in [2.75, 3.05) is 13.7 Å². The maximum atomic E-state index is 12.5. The van der Waals surface area contributed by atoms with Crippen molar-refractivity contribution in [1.82, 2.24) is 4.90 Å². The van der Waals surface area contributed by atoms with Gasteiger partial charge in [0.15, 0.2) is 17.3 Å². The summed E-state index contributed by atoms with van der Waals surface area (Å²) >= 11 is 0. The second-order valence-corrected chi connectivity index (χ2v) is 8.37. The Hall–Kier alpha value is -1.97. The van der Waals surface area contributed by atoms with Gasteiger partial charge in [-0.3, -0.25) is 4.79 Å². The number of ketones is 1. The van der Waals surface area contributed by atoms with Crippen LogP contribution in [-0.4, -0.2) is 29.4 Å². The van der Waals surface area contributed by atoms with Gasteiger partial charge in [0.05, 0.1) is 13.2 Å². The number of carbonyl (C=O) groups excluding carboxylic acids is 1. The molecule has 1 aliphatic heterocycles. The zero-order chi connectivity index (χ0) is 18.1. The van der Waals surface area contributed by atoms with E-state index in [-0.39, 0.29) is 17.2 Å². The summed E-state index contributed by atoms with van der Waals surface area (Å²) in [6.45, 7) is 9.73. The van der Waals surface area contributed by atoms with E-state index in [0.29, 0.717) is 29.8 Å². The number of rotatable bonds is 2. The van der Waals surface area contributed by atoms with Crippen LogP contribution >= 0.6 is 0 Å². The largest absolute Gasteiger partial charge is 0.504 e. The van der Waals surface area contributed by atoms with Crippen molar-refractivity contribution in [3.8, 4) is 11.5 Å². The van der Waals surface area contributed by atoms with Crippen LogP contribution < -0.4 is 4.74 Å². The topological polar surface area (TPSA) is 49.8 Å². The van der Waals surface area contributed by atoms with Crippen molar-refractivity contribution < 1.29 is 14.6 Å². The van der Waals surface area contributed by atoms with E-state index in [1.807, 2.05) is 12.1 Å². The summed E-state index contributed by atoms with van der Waals surface area (Å²) < 4.78 is 5.29. The van der Waals surface area contributed by atoms with Crippen LogP contribution in [0.1, 0.15) is 51.3 Å². The number of nitrogens with zero attached hydrogens (tertiary/aromatic N) is 1. The highest BCUT2D eigenvalue weighted by atomic mass is 16.5. The second kappa shape index (κ2) is 5.26. The SMILES string of the molecule is COc1cc2c(cc1O)CCN(/C(C)=C1\C(=O)CC3C1C3(C)C)[C@@H]2C. The molecule has 2 saturated carbocycles. The minimum atomic E-state index is 0.166. The Labute approximate surface area is 149 Å². The van der Waals surface area contributed by atoms with Crippen LogP contribution in [0.5, 0.6) is 11.5 Å². The molecule has 2 fully saturated rings. The molecule has 2 aliphatic carbocycles. The van der Waals surface area contributed by atoms with Crippen molar-refractivity contribution in [2.45, 2.75) is 46.6 Å². The van der Waals surface area contributed by atoms with Gasteiger partial charge in [0.25, 0.3) is 0 Å². The normalized spacial score (nSPS) is 31.5. The molecule has 0 radical (unpaired) electrons. The van der Waals surface area contributed by atoms with E-state index in [4.69, 9.17) is 4.74 Å². The van der Waals surface area contributed by atoms with Gasteiger partial charge in [0, 0.05) is 24.2 Å². The maximum Gasteiger partial charge on any atom is 0.161 e. The molecule has 3 aliphatic rings. The number of fused-ring (bicyclic) bond motifs is 2. The Bertz CT molecular complexity index is 793. The number of carbonyl (C=O) groups is 1. The van der Waals surface area contributed by atoms with E-state index < -0.39 is 0 Å². The van der Waals surface area contributed by atoms with Crippen LogP contribution in [-0.2, 0) is 11.2 Å². The molecule has 0 amide bonds. The van der Waals surface area contributed by atoms with Gasteiger partial charge in [-0.15, -0.1) is 0 Å². The van der Waals surface area contributed by atoms with E-state index in [2.05, 4.69) is 32.6 Å². The summed E-state index contributed by atoms with van der Waals surface area (Å²) in [5.41, 5.74) is 4.83. The molecule has 1 aromatic carbocycles. The first-order valence-electron chi connectivity index (χ1n) is 9.17. The quantitative estimate of drug-likeness (QED) is 0.831. The van der Waals surface area contributed by atoms with Crippen LogP contribution in [0.2, 0.25) is 0 Å². The standard InChI is InChI=1S/C21H27NO3/c1-11-14-9-18(25-5)16(23)8-13(14)6-7-22(11)12(2)19-17(24)10-15-20(19)21(15,3)4/h8-9,11,15,20,23H,6-7,10H2,1-5H3/b19-12+/t11-,15?,20?/m1/s1. The Balaban J connectivity index is 1.71. The molecule has 1 aromatic rings. The van der Waals surface area contributed by atoms with Gasteiger partial charge < -0.3 is 14.7 Å². The molecule has 3 atom stereocenters. The highest BCUT2D eigenvalue weighted by Crippen LogP contribution is 2.68. The summed E-state index contributed by atoms with van der Waals surface area (Å²) in [7, 11) is 1.58. The van der Waals surface area contributed by atoms with Gasteiger partial charge in [-0.05, 0) is 60.8 Å². The minimum absolute atomic E-state index is 0.166. The molecule has 134 valence electrons. The van der Waals surface area contributed by atoms with Crippen molar-refractivity contribution in [3.63, 3.8) is 0 Å². The van der Waals surface area contributed by atoms with Crippen LogP contribution in [0.25, 0.3) is 0 Å². The molecule has 4 heteroatoms. The Kier molecular flexibility index (Phi) is 3.47. The third-order valence-corrected chi connectivity index (χ3v) is 6.87. The van der Waals surface area contributed by atoms with Gasteiger partial charge >= 0.3 is 0 Å². The number of hydrogen-bond donors (Lipinski definition) is 1. The third-order valence-electron chi connectivity index (χ3n) is 6.87. The highest BCUT2D eigenvalue weighted by Gasteiger charge is 2.65. The summed E-state index contributed by atoms with van der Waals surface area (Å²) in [5.74, 6) is 2.02. The number of hydrogen-bond acceptors (Lipinski definition) is 4. The lowest BCUT2D eigenvalue weighted by Gasteiger charge is -2.39. The van der Waals surface area contributed by atoms with Crippen molar-refractivity contribution in [1.29, 1.82) is 0 Å². The molecule has 25 heavy (non-hydrogen) atoms. The fraction of sp³-hybridized carbons (Fsp3) is 0.571. The lowest BCUT2D eigenvalue weighted by molar-refractivity contribution is -0.115. The molecule has 0 spiro atoms. The summed E-state index contributed by atoms with van der Waals surface area (Å²) in [4.78, 5) is 14.9. The second-order valence-electron chi connectivity index (χ2n) is 8.37. The van der Waals surface area contributed by atoms with Gasteiger partial charge in [0.2, 0.25) is 0 Å². The number of Topliss-reactive ketones (excluding diaryl/α,β-unsaturated/α-hetero) is 1. The lowest BCUT2D eigenvalue weighted by atomic mass is 9.90. The first kappa shape index (κ1) is 16.5.